The predicted octanol–water partition coefficient (Wildman–Crippen LogP) is 4.14. The highest BCUT2D eigenvalue weighted by atomic mass is 35.5. The van der Waals surface area contributed by atoms with Crippen LogP contribution in [0, 0.1) is 0 Å². The first-order valence-corrected chi connectivity index (χ1v) is 7.57. The highest BCUT2D eigenvalue weighted by molar-refractivity contribution is 6.32. The smallest absolute Gasteiger partial charge is 0.255 e. The molecular weight excluding hydrogens is 300 g/mol. The van der Waals surface area contributed by atoms with Gasteiger partial charge in [-0.3, -0.25) is 4.79 Å². The molecule has 1 amide bonds. The summed E-state index contributed by atoms with van der Waals surface area (Å²) in [6, 6.07) is 12.1. The van der Waals surface area contributed by atoms with Crippen molar-refractivity contribution in [1.29, 1.82) is 0 Å². The molecule has 116 valence electrons. The Morgan fingerprint density at radius 1 is 1.14 bits per heavy atom. The summed E-state index contributed by atoms with van der Waals surface area (Å²) in [6.45, 7) is 6.09. The minimum Gasteiger partial charge on any atom is -0.506 e. The van der Waals surface area contributed by atoms with Crippen LogP contribution in [-0.4, -0.2) is 24.1 Å². The van der Waals surface area contributed by atoms with Gasteiger partial charge >= 0.3 is 0 Å². The van der Waals surface area contributed by atoms with Crippen molar-refractivity contribution in [1.82, 2.24) is 0 Å². The third-order valence-corrected chi connectivity index (χ3v) is 3.77. The van der Waals surface area contributed by atoms with Gasteiger partial charge in [-0.1, -0.05) is 11.6 Å². The second-order valence-corrected chi connectivity index (χ2v) is 5.25. The van der Waals surface area contributed by atoms with Crippen LogP contribution in [0.1, 0.15) is 24.2 Å². The number of amides is 1. The molecule has 0 heterocycles. The van der Waals surface area contributed by atoms with Crippen LogP contribution < -0.4 is 10.2 Å². The summed E-state index contributed by atoms with van der Waals surface area (Å²) in [5, 5.41) is 12.3. The van der Waals surface area contributed by atoms with Gasteiger partial charge in [-0.05, 0) is 56.3 Å². The summed E-state index contributed by atoms with van der Waals surface area (Å²) in [5.74, 6) is -0.306. The average molecular weight is 319 g/mol. The Labute approximate surface area is 135 Å². The lowest BCUT2D eigenvalue weighted by atomic mass is 10.2. The minimum atomic E-state index is -0.266. The van der Waals surface area contributed by atoms with Gasteiger partial charge in [0.05, 0.1) is 5.02 Å². The molecule has 2 aromatic rings. The van der Waals surface area contributed by atoms with E-state index in [1.54, 1.807) is 0 Å². The fourth-order valence-corrected chi connectivity index (χ4v) is 2.38. The van der Waals surface area contributed by atoms with E-state index in [9.17, 15) is 9.90 Å². The SMILES string of the molecule is CCN(CC)c1ccc(NC(=O)c2ccc(O)c(Cl)c2)cc1. The fourth-order valence-electron chi connectivity index (χ4n) is 2.20. The number of nitrogens with one attached hydrogen (secondary N) is 1. The number of phenolic OH excluding ortho intramolecular Hbond substituents is 1. The third-order valence-electron chi connectivity index (χ3n) is 3.46. The fraction of sp³-hybridized carbons (Fsp3) is 0.235. The van der Waals surface area contributed by atoms with Crippen molar-refractivity contribution in [3.05, 3.63) is 53.1 Å². The summed E-state index contributed by atoms with van der Waals surface area (Å²) in [5.41, 5.74) is 2.23. The largest absolute Gasteiger partial charge is 0.506 e. The molecule has 0 aliphatic rings. The number of hydrogen-bond donors (Lipinski definition) is 2. The van der Waals surface area contributed by atoms with E-state index >= 15 is 0 Å². The summed E-state index contributed by atoms with van der Waals surface area (Å²) in [7, 11) is 0. The van der Waals surface area contributed by atoms with Crippen molar-refractivity contribution in [2.75, 3.05) is 23.3 Å². The van der Waals surface area contributed by atoms with Crippen LogP contribution in [-0.2, 0) is 0 Å². The maximum Gasteiger partial charge on any atom is 0.255 e. The minimum absolute atomic E-state index is 0.0400. The zero-order valence-electron chi connectivity index (χ0n) is 12.6. The lowest BCUT2D eigenvalue weighted by Gasteiger charge is -2.21. The molecule has 0 unspecified atom stereocenters. The maximum atomic E-state index is 12.1. The Morgan fingerprint density at radius 3 is 2.32 bits per heavy atom. The summed E-state index contributed by atoms with van der Waals surface area (Å²) in [4.78, 5) is 14.4. The molecule has 22 heavy (non-hydrogen) atoms. The molecular formula is C17H19ClN2O2. The quantitative estimate of drug-likeness (QED) is 0.871. The van der Waals surface area contributed by atoms with Crippen LogP contribution in [0.4, 0.5) is 11.4 Å². The lowest BCUT2D eigenvalue weighted by Crippen LogP contribution is -2.21. The molecule has 0 fully saturated rings. The Kier molecular flexibility index (Phi) is 5.28. The van der Waals surface area contributed by atoms with Crippen LogP contribution in [0.15, 0.2) is 42.5 Å². The van der Waals surface area contributed by atoms with Gasteiger partial charge in [0.25, 0.3) is 5.91 Å². The van der Waals surface area contributed by atoms with E-state index in [1.165, 1.54) is 18.2 Å². The number of aromatic hydroxyl groups is 1. The monoisotopic (exact) mass is 318 g/mol. The standard InChI is InChI=1S/C17H19ClN2O2/c1-3-20(4-2)14-8-6-13(7-9-14)19-17(22)12-5-10-16(21)15(18)11-12/h5-11,21H,3-4H2,1-2H3,(H,19,22). The molecule has 0 aliphatic carbocycles. The van der Waals surface area contributed by atoms with Crippen molar-refractivity contribution >= 4 is 28.9 Å². The molecule has 0 atom stereocenters. The molecule has 5 heteroatoms. The molecule has 4 nitrogen and oxygen atoms in total. The topological polar surface area (TPSA) is 52.6 Å². The van der Waals surface area contributed by atoms with Gasteiger partial charge in [0.1, 0.15) is 5.75 Å². The van der Waals surface area contributed by atoms with E-state index in [-0.39, 0.29) is 16.7 Å². The first-order chi connectivity index (χ1) is 10.5. The van der Waals surface area contributed by atoms with Gasteiger partial charge in [-0.25, -0.2) is 0 Å². The Hall–Kier alpha value is -2.20. The van der Waals surface area contributed by atoms with E-state index in [0.717, 1.165) is 18.8 Å². The number of carbonyl (C=O) groups excluding carboxylic acids is 1. The van der Waals surface area contributed by atoms with Gasteiger partial charge in [0.2, 0.25) is 0 Å². The van der Waals surface area contributed by atoms with Crippen LogP contribution in [0.3, 0.4) is 0 Å². The molecule has 2 N–H and O–H groups in total. The summed E-state index contributed by atoms with van der Waals surface area (Å²) in [6.07, 6.45) is 0. The molecule has 0 spiro atoms. The Balaban J connectivity index is 2.10. The molecule has 0 bridgehead atoms. The second kappa shape index (κ2) is 7.18. The first kappa shape index (κ1) is 16.2. The second-order valence-electron chi connectivity index (χ2n) is 4.84. The van der Waals surface area contributed by atoms with Crippen LogP contribution >= 0.6 is 11.6 Å². The molecule has 0 aromatic heterocycles. The van der Waals surface area contributed by atoms with Gasteiger partial charge in [-0.2, -0.15) is 0 Å². The molecule has 2 rings (SSSR count). The van der Waals surface area contributed by atoms with Crippen LogP contribution in [0.5, 0.6) is 5.75 Å². The molecule has 2 aromatic carbocycles. The third kappa shape index (κ3) is 3.71. The Morgan fingerprint density at radius 2 is 1.77 bits per heavy atom. The molecule has 0 aliphatic heterocycles. The number of anilines is 2. The molecule has 0 radical (unpaired) electrons. The van der Waals surface area contributed by atoms with Crippen LogP contribution in [0.25, 0.3) is 0 Å². The zero-order valence-corrected chi connectivity index (χ0v) is 13.4. The average Bonchev–Trinajstić information content (AvgIpc) is 2.52. The highest BCUT2D eigenvalue weighted by Crippen LogP contribution is 2.24. The predicted molar refractivity (Wildman–Crippen MR) is 91.1 cm³/mol. The number of benzene rings is 2. The van der Waals surface area contributed by atoms with Gasteiger partial charge < -0.3 is 15.3 Å². The van der Waals surface area contributed by atoms with E-state index in [2.05, 4.69) is 24.1 Å². The number of hydrogen-bond acceptors (Lipinski definition) is 3. The van der Waals surface area contributed by atoms with Crippen molar-refractivity contribution in [2.24, 2.45) is 0 Å². The van der Waals surface area contributed by atoms with Crippen molar-refractivity contribution in [3.8, 4) is 5.75 Å². The summed E-state index contributed by atoms with van der Waals surface area (Å²) >= 11 is 5.81. The van der Waals surface area contributed by atoms with Crippen molar-refractivity contribution in [3.63, 3.8) is 0 Å². The van der Waals surface area contributed by atoms with E-state index in [1.807, 2.05) is 24.3 Å². The number of nitrogens with zero attached hydrogens (tertiary/aromatic N) is 1. The van der Waals surface area contributed by atoms with E-state index in [4.69, 9.17) is 11.6 Å². The lowest BCUT2D eigenvalue weighted by molar-refractivity contribution is 0.102. The normalized spacial score (nSPS) is 10.3. The first-order valence-electron chi connectivity index (χ1n) is 7.20. The van der Waals surface area contributed by atoms with Crippen molar-refractivity contribution in [2.45, 2.75) is 13.8 Å². The zero-order chi connectivity index (χ0) is 16.1. The van der Waals surface area contributed by atoms with E-state index < -0.39 is 0 Å². The molecule has 0 saturated carbocycles. The van der Waals surface area contributed by atoms with Gasteiger partial charge in [0, 0.05) is 30.0 Å². The maximum absolute atomic E-state index is 12.1. The Bertz CT molecular complexity index is 652. The number of phenols is 1. The van der Waals surface area contributed by atoms with Gasteiger partial charge in [-0.15, -0.1) is 0 Å². The number of carbonyl (C=O) groups is 1. The van der Waals surface area contributed by atoms with E-state index in [0.29, 0.717) is 11.3 Å². The van der Waals surface area contributed by atoms with Gasteiger partial charge in [0.15, 0.2) is 0 Å². The van der Waals surface area contributed by atoms with Crippen molar-refractivity contribution < 1.29 is 9.90 Å². The highest BCUT2D eigenvalue weighted by Gasteiger charge is 2.09. The molecule has 0 saturated heterocycles. The summed E-state index contributed by atoms with van der Waals surface area (Å²) < 4.78 is 0. The van der Waals surface area contributed by atoms with Crippen LogP contribution in [0.2, 0.25) is 5.02 Å². The number of halogens is 1. The number of rotatable bonds is 5.